The van der Waals surface area contributed by atoms with Gasteiger partial charge >= 0.3 is 0 Å². The first-order chi connectivity index (χ1) is 17.3. The Morgan fingerprint density at radius 3 is 2.94 bits per heavy atom. The lowest BCUT2D eigenvalue weighted by Gasteiger charge is -2.55. The Hall–Kier alpha value is -2.94. The summed E-state index contributed by atoms with van der Waals surface area (Å²) < 4.78 is 6.41. The monoisotopic (exact) mass is 484 g/mol. The van der Waals surface area contributed by atoms with Crippen molar-refractivity contribution in [3.05, 3.63) is 71.6 Å². The van der Waals surface area contributed by atoms with Crippen LogP contribution in [0, 0.1) is 36.0 Å². The predicted octanol–water partition coefficient (Wildman–Crippen LogP) is 5.43. The zero-order valence-electron chi connectivity index (χ0n) is 21.5. The van der Waals surface area contributed by atoms with Gasteiger partial charge in [0.15, 0.2) is 0 Å². The molecule has 0 unspecified atom stereocenters. The van der Waals surface area contributed by atoms with Crippen LogP contribution in [0.1, 0.15) is 72.6 Å². The third kappa shape index (κ3) is 3.97. The van der Waals surface area contributed by atoms with Crippen LogP contribution in [0.4, 0.5) is 5.69 Å². The van der Waals surface area contributed by atoms with Crippen molar-refractivity contribution < 1.29 is 14.6 Å². The van der Waals surface area contributed by atoms with E-state index in [1.807, 2.05) is 32.0 Å². The number of benzene rings is 1. The molecule has 1 aromatic carbocycles. The largest absolute Gasteiger partial charge is 0.377 e. The number of aliphatic hydroxyl groups is 1. The summed E-state index contributed by atoms with van der Waals surface area (Å²) in [6, 6.07) is 9.82. The number of aromatic nitrogens is 1. The van der Waals surface area contributed by atoms with E-state index in [4.69, 9.17) is 4.74 Å². The van der Waals surface area contributed by atoms with Crippen LogP contribution in [0.3, 0.4) is 0 Å². The van der Waals surface area contributed by atoms with Crippen molar-refractivity contribution in [3.8, 4) is 11.8 Å². The molecular formula is C31H36N2O3. The van der Waals surface area contributed by atoms with Crippen molar-refractivity contribution in [1.82, 2.24) is 4.98 Å². The van der Waals surface area contributed by atoms with Crippen molar-refractivity contribution in [2.24, 2.45) is 17.3 Å². The zero-order chi connectivity index (χ0) is 25.5. The fourth-order valence-electron chi connectivity index (χ4n) is 7.35. The van der Waals surface area contributed by atoms with Gasteiger partial charge in [0, 0.05) is 23.1 Å². The highest BCUT2D eigenvalue weighted by atomic mass is 16.5. The lowest BCUT2D eigenvalue weighted by atomic mass is 9.52. The maximum atomic E-state index is 13.1. The Bertz CT molecular complexity index is 1240. The van der Waals surface area contributed by atoms with Crippen LogP contribution in [0.2, 0.25) is 0 Å². The van der Waals surface area contributed by atoms with Gasteiger partial charge in [0.2, 0.25) is 0 Å². The van der Waals surface area contributed by atoms with Gasteiger partial charge in [-0.2, -0.15) is 0 Å². The maximum absolute atomic E-state index is 13.1. The van der Waals surface area contributed by atoms with Crippen LogP contribution in [0.15, 0.2) is 49.2 Å². The highest BCUT2D eigenvalue weighted by Crippen LogP contribution is 2.64. The second-order valence-corrected chi connectivity index (χ2v) is 10.9. The van der Waals surface area contributed by atoms with E-state index >= 15 is 0 Å². The summed E-state index contributed by atoms with van der Waals surface area (Å²) in [5.74, 6) is 7.09. The molecule has 0 spiro atoms. The number of anilines is 1. The van der Waals surface area contributed by atoms with Gasteiger partial charge in [-0.1, -0.05) is 25.0 Å². The first-order valence-electron chi connectivity index (χ1n) is 13.1. The molecule has 2 fully saturated rings. The number of aryl methyl sites for hydroxylation is 2. The average molecular weight is 485 g/mol. The molecule has 0 aliphatic heterocycles. The van der Waals surface area contributed by atoms with Crippen LogP contribution in [0.25, 0.3) is 0 Å². The number of nitrogens with one attached hydrogen (secondary N) is 1. The van der Waals surface area contributed by atoms with Crippen LogP contribution in [-0.2, 0) is 11.2 Å². The van der Waals surface area contributed by atoms with Crippen molar-refractivity contribution in [1.29, 1.82) is 0 Å². The molecule has 36 heavy (non-hydrogen) atoms. The molecule has 3 aliphatic carbocycles. The van der Waals surface area contributed by atoms with Crippen LogP contribution < -0.4 is 5.32 Å². The minimum atomic E-state index is -0.972. The third-order valence-electron chi connectivity index (χ3n) is 9.11. The van der Waals surface area contributed by atoms with E-state index in [0.29, 0.717) is 30.4 Å². The van der Waals surface area contributed by atoms with Gasteiger partial charge in [-0.3, -0.25) is 9.78 Å². The second-order valence-electron chi connectivity index (χ2n) is 10.9. The number of carbonyl (C=O) groups is 1. The maximum Gasteiger partial charge on any atom is 0.255 e. The molecule has 6 atom stereocenters. The summed E-state index contributed by atoms with van der Waals surface area (Å²) in [6.45, 7) is 10.3. The smallest absolute Gasteiger partial charge is 0.255 e. The molecule has 0 radical (unpaired) electrons. The normalized spacial score (nSPS) is 32.3. The molecule has 5 heteroatoms. The van der Waals surface area contributed by atoms with E-state index in [-0.39, 0.29) is 23.3 Å². The fraction of sp³-hybridized carbons (Fsp3) is 0.484. The predicted molar refractivity (Wildman–Crippen MR) is 142 cm³/mol. The van der Waals surface area contributed by atoms with Crippen molar-refractivity contribution in [3.63, 3.8) is 0 Å². The molecule has 3 aliphatic rings. The minimum Gasteiger partial charge on any atom is -0.377 e. The Balaban J connectivity index is 1.47. The minimum absolute atomic E-state index is 0.0331. The molecule has 0 saturated heterocycles. The van der Waals surface area contributed by atoms with Crippen molar-refractivity contribution >= 4 is 11.6 Å². The number of hydrogen-bond acceptors (Lipinski definition) is 4. The summed E-state index contributed by atoms with van der Waals surface area (Å²) in [5.41, 5.74) is 3.42. The van der Waals surface area contributed by atoms with E-state index in [1.165, 1.54) is 11.1 Å². The molecular weight excluding hydrogens is 448 g/mol. The third-order valence-corrected chi connectivity index (χ3v) is 9.11. The molecule has 2 aromatic rings. The van der Waals surface area contributed by atoms with Crippen LogP contribution in [0.5, 0.6) is 0 Å². The Labute approximate surface area is 214 Å². The molecule has 188 valence electrons. The molecule has 5 rings (SSSR count). The topological polar surface area (TPSA) is 71.5 Å². The number of hydrogen-bond donors (Lipinski definition) is 2. The van der Waals surface area contributed by atoms with E-state index < -0.39 is 5.60 Å². The van der Waals surface area contributed by atoms with Crippen LogP contribution in [-0.4, -0.2) is 34.3 Å². The highest BCUT2D eigenvalue weighted by Gasteiger charge is 2.63. The second kappa shape index (κ2) is 9.50. The van der Waals surface area contributed by atoms with Gasteiger partial charge in [0.1, 0.15) is 5.60 Å². The summed E-state index contributed by atoms with van der Waals surface area (Å²) in [6.07, 6.45) is 7.89. The van der Waals surface area contributed by atoms with E-state index in [1.54, 1.807) is 12.3 Å². The van der Waals surface area contributed by atoms with Gasteiger partial charge in [-0.15, -0.1) is 12.5 Å². The molecule has 5 nitrogen and oxygen atoms in total. The standard InChI is InChI=1S/C31H36N2O3/c1-5-14-31(35)15-13-25-24-12-9-21-18-22(29(34)33-26-8-7-16-32-20(26)3)10-11-23(21)28(24)27(36-17-6-2)19-30(25,31)4/h6-8,10-11,16,18,24-25,27-28,35H,2,9,12-13,15,17,19H2,1,3-4H3,(H,33,34)/t24-,25-,27-,28+,30-,31-/m0/s1. The van der Waals surface area contributed by atoms with Gasteiger partial charge in [0.05, 0.1) is 24.1 Å². The number of pyridine rings is 1. The number of amides is 1. The highest BCUT2D eigenvalue weighted by molar-refractivity contribution is 6.04. The number of nitrogens with zero attached hydrogens (tertiary/aromatic N) is 1. The average Bonchev–Trinajstić information content (AvgIpc) is 3.13. The Morgan fingerprint density at radius 2 is 2.19 bits per heavy atom. The summed E-state index contributed by atoms with van der Waals surface area (Å²) in [5, 5.41) is 14.6. The molecule has 1 amide bonds. The van der Waals surface area contributed by atoms with Gasteiger partial charge < -0.3 is 15.2 Å². The zero-order valence-corrected chi connectivity index (χ0v) is 21.5. The first-order valence-corrected chi connectivity index (χ1v) is 13.1. The lowest BCUT2D eigenvalue weighted by Crippen LogP contribution is -2.55. The molecule has 2 N–H and O–H groups in total. The summed E-state index contributed by atoms with van der Waals surface area (Å²) >= 11 is 0. The lowest BCUT2D eigenvalue weighted by molar-refractivity contribution is -0.122. The van der Waals surface area contributed by atoms with Crippen LogP contribution >= 0.6 is 0 Å². The number of carbonyl (C=O) groups excluding carboxylic acids is 1. The quantitative estimate of drug-likeness (QED) is 0.438. The Kier molecular flexibility index (Phi) is 6.53. The van der Waals surface area contributed by atoms with Gasteiger partial charge in [0.25, 0.3) is 5.91 Å². The summed E-state index contributed by atoms with van der Waals surface area (Å²) in [7, 11) is 0. The van der Waals surface area contributed by atoms with Crippen molar-refractivity contribution in [2.75, 3.05) is 11.9 Å². The van der Waals surface area contributed by atoms with Crippen molar-refractivity contribution in [2.45, 2.75) is 70.5 Å². The van der Waals surface area contributed by atoms with E-state index in [0.717, 1.165) is 37.1 Å². The van der Waals surface area contributed by atoms with E-state index in [9.17, 15) is 9.90 Å². The fourth-order valence-corrected chi connectivity index (χ4v) is 7.35. The number of fused-ring (bicyclic) bond motifs is 5. The van der Waals surface area contributed by atoms with Gasteiger partial charge in [-0.05, 0) is 93.2 Å². The van der Waals surface area contributed by atoms with Gasteiger partial charge in [-0.25, -0.2) is 0 Å². The molecule has 2 saturated carbocycles. The molecule has 1 heterocycles. The first kappa shape index (κ1) is 24.7. The number of ether oxygens (including phenoxy) is 1. The SMILES string of the molecule is C=CCO[C@H]1C[C@@]2(C)[C@@H](CC[C@@]2(O)C#CC)[C@@H]2CCc3cc(C(=O)Nc4cccnc4C)ccc3[C@H]21. The molecule has 1 aromatic heterocycles. The Morgan fingerprint density at radius 1 is 1.36 bits per heavy atom. The number of rotatable bonds is 5. The summed E-state index contributed by atoms with van der Waals surface area (Å²) in [4.78, 5) is 17.3. The van der Waals surface area contributed by atoms with E-state index in [2.05, 4.69) is 47.8 Å². The molecule has 0 bridgehead atoms.